The summed E-state index contributed by atoms with van der Waals surface area (Å²) in [4.78, 5) is 0. The third-order valence-corrected chi connectivity index (χ3v) is 4.70. The lowest BCUT2D eigenvalue weighted by Crippen LogP contribution is -2.20. The minimum Gasteiger partial charge on any atom is -0.329 e. The van der Waals surface area contributed by atoms with Gasteiger partial charge in [0.05, 0.1) is 23.6 Å². The van der Waals surface area contributed by atoms with E-state index in [2.05, 4.69) is 20.8 Å². The smallest absolute Gasteiger partial charge is 0.176 e. The molecule has 0 saturated carbocycles. The number of hydrogen-bond acceptors (Lipinski definition) is 3. The Hall–Kier alpha value is -2.09. The van der Waals surface area contributed by atoms with Gasteiger partial charge in [0, 0.05) is 29.4 Å². The fourth-order valence-electron chi connectivity index (χ4n) is 2.59. The molecule has 3 rings (SSSR count). The molecule has 6 nitrogen and oxygen atoms in total. The van der Waals surface area contributed by atoms with Crippen molar-refractivity contribution in [2.24, 2.45) is 7.05 Å². The van der Waals surface area contributed by atoms with Gasteiger partial charge in [0.2, 0.25) is 0 Å². The van der Waals surface area contributed by atoms with Crippen molar-refractivity contribution >= 4 is 52.0 Å². The summed E-state index contributed by atoms with van der Waals surface area (Å²) in [6.07, 6.45) is 1.84. The standard InChI is InChI=1S/C17H18Cl2N6S/c1-10-16(21-17(26)20-15-6-7-24(3)23-15)11(2)25(22-10)9-12-4-5-13(18)8-14(12)19/h4-8H,9H2,1-3H3,(H2,20,21,23,26). The van der Waals surface area contributed by atoms with E-state index in [1.54, 1.807) is 10.7 Å². The zero-order chi connectivity index (χ0) is 18.8. The average molecular weight is 409 g/mol. The first-order valence-corrected chi connectivity index (χ1v) is 9.05. The van der Waals surface area contributed by atoms with E-state index in [1.165, 1.54) is 0 Å². The summed E-state index contributed by atoms with van der Waals surface area (Å²) in [6, 6.07) is 7.30. The Labute approximate surface area is 167 Å². The van der Waals surface area contributed by atoms with E-state index >= 15 is 0 Å². The molecule has 136 valence electrons. The molecule has 0 amide bonds. The lowest BCUT2D eigenvalue weighted by atomic mass is 10.2. The fraction of sp³-hybridized carbons (Fsp3) is 0.235. The fourth-order valence-corrected chi connectivity index (χ4v) is 3.26. The van der Waals surface area contributed by atoms with E-state index in [0.29, 0.717) is 27.5 Å². The zero-order valence-electron chi connectivity index (χ0n) is 14.5. The molecule has 0 bridgehead atoms. The molecule has 0 radical (unpaired) electrons. The molecule has 0 aliphatic carbocycles. The van der Waals surface area contributed by atoms with Crippen LogP contribution in [0.1, 0.15) is 17.0 Å². The van der Waals surface area contributed by atoms with Crippen LogP contribution in [0.15, 0.2) is 30.5 Å². The summed E-state index contributed by atoms with van der Waals surface area (Å²) >= 11 is 17.6. The molecule has 3 aromatic rings. The first kappa shape index (κ1) is 18.7. The lowest BCUT2D eigenvalue weighted by molar-refractivity contribution is 0.659. The van der Waals surface area contributed by atoms with Gasteiger partial charge in [-0.15, -0.1) is 0 Å². The first-order valence-electron chi connectivity index (χ1n) is 7.89. The Kier molecular flexibility index (Phi) is 5.50. The number of nitrogens with one attached hydrogen (secondary N) is 2. The second kappa shape index (κ2) is 7.65. The topological polar surface area (TPSA) is 59.7 Å². The van der Waals surface area contributed by atoms with Crippen LogP contribution in [0.4, 0.5) is 11.5 Å². The van der Waals surface area contributed by atoms with Crippen molar-refractivity contribution in [3.05, 3.63) is 57.5 Å². The molecule has 0 unspecified atom stereocenters. The molecule has 0 fully saturated rings. The van der Waals surface area contributed by atoms with Crippen LogP contribution in [0.3, 0.4) is 0 Å². The van der Waals surface area contributed by atoms with Crippen LogP contribution < -0.4 is 10.6 Å². The van der Waals surface area contributed by atoms with E-state index in [9.17, 15) is 0 Å². The highest BCUT2D eigenvalue weighted by Gasteiger charge is 2.14. The average Bonchev–Trinajstić information content (AvgIpc) is 3.08. The summed E-state index contributed by atoms with van der Waals surface area (Å²) in [6.45, 7) is 4.46. The number of anilines is 2. The Balaban J connectivity index is 1.76. The molecule has 2 N–H and O–H groups in total. The van der Waals surface area contributed by atoms with E-state index in [4.69, 9.17) is 35.4 Å². The van der Waals surface area contributed by atoms with Crippen molar-refractivity contribution in [1.82, 2.24) is 19.6 Å². The maximum Gasteiger partial charge on any atom is 0.176 e. The van der Waals surface area contributed by atoms with Gasteiger partial charge in [-0.05, 0) is 43.8 Å². The third kappa shape index (κ3) is 4.17. The van der Waals surface area contributed by atoms with Crippen LogP contribution in [0.2, 0.25) is 10.0 Å². The Morgan fingerprint density at radius 1 is 1.15 bits per heavy atom. The maximum absolute atomic E-state index is 6.27. The van der Waals surface area contributed by atoms with Gasteiger partial charge in [0.1, 0.15) is 0 Å². The Bertz CT molecular complexity index is 962. The van der Waals surface area contributed by atoms with Crippen LogP contribution in [0.25, 0.3) is 0 Å². The van der Waals surface area contributed by atoms with Crippen molar-refractivity contribution in [2.75, 3.05) is 10.6 Å². The predicted molar refractivity (Wildman–Crippen MR) is 110 cm³/mol. The van der Waals surface area contributed by atoms with Crippen LogP contribution in [0, 0.1) is 13.8 Å². The highest BCUT2D eigenvalue weighted by atomic mass is 35.5. The van der Waals surface area contributed by atoms with Gasteiger partial charge in [-0.2, -0.15) is 10.2 Å². The highest BCUT2D eigenvalue weighted by Crippen LogP contribution is 2.25. The predicted octanol–water partition coefficient (Wildman–Crippen LogP) is 4.40. The second-order valence-electron chi connectivity index (χ2n) is 5.89. The molecule has 26 heavy (non-hydrogen) atoms. The van der Waals surface area contributed by atoms with Crippen molar-refractivity contribution in [2.45, 2.75) is 20.4 Å². The van der Waals surface area contributed by atoms with E-state index in [-0.39, 0.29) is 0 Å². The van der Waals surface area contributed by atoms with Gasteiger partial charge >= 0.3 is 0 Å². The number of hydrogen-bond donors (Lipinski definition) is 2. The number of rotatable bonds is 4. The molecule has 1 aromatic carbocycles. The largest absolute Gasteiger partial charge is 0.329 e. The number of halogens is 2. The number of aryl methyl sites for hydroxylation is 2. The van der Waals surface area contributed by atoms with Gasteiger partial charge in [-0.1, -0.05) is 29.3 Å². The molecular weight excluding hydrogens is 391 g/mol. The van der Waals surface area contributed by atoms with Crippen LogP contribution in [-0.2, 0) is 13.6 Å². The SMILES string of the molecule is Cc1nn(Cc2ccc(Cl)cc2Cl)c(C)c1NC(=S)Nc1ccn(C)n1. The number of thiocarbonyl (C=S) groups is 1. The number of benzene rings is 1. The maximum atomic E-state index is 6.27. The second-order valence-corrected chi connectivity index (χ2v) is 7.14. The van der Waals surface area contributed by atoms with E-state index < -0.39 is 0 Å². The Morgan fingerprint density at radius 3 is 2.58 bits per heavy atom. The summed E-state index contributed by atoms with van der Waals surface area (Å²) in [7, 11) is 1.85. The van der Waals surface area contributed by atoms with Crippen molar-refractivity contribution < 1.29 is 0 Å². The van der Waals surface area contributed by atoms with Crippen molar-refractivity contribution in [3.8, 4) is 0 Å². The van der Waals surface area contributed by atoms with E-state index in [0.717, 1.165) is 22.6 Å². The molecule has 2 aromatic heterocycles. The van der Waals surface area contributed by atoms with Gasteiger partial charge in [0.25, 0.3) is 0 Å². The summed E-state index contributed by atoms with van der Waals surface area (Å²) in [5.74, 6) is 0.681. The molecule has 0 saturated heterocycles. The van der Waals surface area contributed by atoms with Crippen LogP contribution in [0.5, 0.6) is 0 Å². The first-order chi connectivity index (χ1) is 12.3. The number of nitrogens with zero attached hydrogens (tertiary/aromatic N) is 4. The van der Waals surface area contributed by atoms with Crippen LogP contribution in [-0.4, -0.2) is 24.7 Å². The van der Waals surface area contributed by atoms with Crippen molar-refractivity contribution in [1.29, 1.82) is 0 Å². The van der Waals surface area contributed by atoms with Crippen LogP contribution >= 0.6 is 35.4 Å². The van der Waals surface area contributed by atoms with E-state index in [1.807, 2.05) is 50.0 Å². The zero-order valence-corrected chi connectivity index (χ0v) is 16.9. The molecule has 0 aliphatic heterocycles. The minimum atomic E-state index is 0.457. The summed E-state index contributed by atoms with van der Waals surface area (Å²) in [5, 5.41) is 16.8. The number of aromatic nitrogens is 4. The van der Waals surface area contributed by atoms with Gasteiger partial charge in [-0.25, -0.2) is 0 Å². The van der Waals surface area contributed by atoms with Gasteiger partial charge in [0.15, 0.2) is 10.9 Å². The highest BCUT2D eigenvalue weighted by molar-refractivity contribution is 7.80. The molecule has 9 heteroatoms. The summed E-state index contributed by atoms with van der Waals surface area (Å²) < 4.78 is 3.59. The molecule has 0 atom stereocenters. The van der Waals surface area contributed by atoms with Gasteiger partial charge in [-0.3, -0.25) is 9.36 Å². The molecule has 2 heterocycles. The molecule has 0 aliphatic rings. The minimum absolute atomic E-state index is 0.457. The van der Waals surface area contributed by atoms with Gasteiger partial charge < -0.3 is 10.6 Å². The Morgan fingerprint density at radius 2 is 1.92 bits per heavy atom. The summed E-state index contributed by atoms with van der Waals surface area (Å²) in [5.41, 5.74) is 3.61. The normalized spacial score (nSPS) is 10.8. The lowest BCUT2D eigenvalue weighted by Gasteiger charge is -2.10. The monoisotopic (exact) mass is 408 g/mol. The third-order valence-electron chi connectivity index (χ3n) is 3.91. The van der Waals surface area contributed by atoms with Crippen molar-refractivity contribution in [3.63, 3.8) is 0 Å². The quantitative estimate of drug-likeness (QED) is 0.626. The molecule has 0 spiro atoms. The molecular formula is C17H18Cl2N6S.